The van der Waals surface area contributed by atoms with Crippen LogP contribution in [0.15, 0.2) is 42.5 Å². The molecule has 1 heterocycles. The van der Waals surface area contributed by atoms with Gasteiger partial charge in [0.2, 0.25) is 0 Å². The van der Waals surface area contributed by atoms with Crippen LogP contribution in [0.25, 0.3) is 10.9 Å². The SMILES string of the molecule is Cc1ccc2[nH]c3c(c2c1)CC(NC(=O)NCc1ccc(F)cc1)C3. The average Bonchev–Trinajstić information content (AvgIpc) is 3.12. The molecule has 3 N–H and O–H groups in total. The van der Waals surface area contributed by atoms with Gasteiger partial charge in [0, 0.05) is 35.6 Å². The normalized spacial score (nSPS) is 16.0. The molecule has 0 bridgehead atoms. The second kappa shape index (κ2) is 6.24. The molecule has 0 fully saturated rings. The molecule has 1 aromatic heterocycles. The van der Waals surface area contributed by atoms with Crippen molar-refractivity contribution in [2.24, 2.45) is 0 Å². The van der Waals surface area contributed by atoms with Crippen molar-refractivity contribution in [1.29, 1.82) is 0 Å². The summed E-state index contributed by atoms with van der Waals surface area (Å²) in [6.07, 6.45) is 1.65. The lowest BCUT2D eigenvalue weighted by Crippen LogP contribution is -2.42. The summed E-state index contributed by atoms with van der Waals surface area (Å²) in [5.74, 6) is -0.275. The fraction of sp³-hybridized carbons (Fsp3) is 0.250. The number of amides is 2. The van der Waals surface area contributed by atoms with Gasteiger partial charge in [0.25, 0.3) is 0 Å². The Balaban J connectivity index is 1.36. The van der Waals surface area contributed by atoms with Gasteiger partial charge in [-0.25, -0.2) is 9.18 Å². The summed E-state index contributed by atoms with van der Waals surface area (Å²) in [5.41, 5.74) is 5.79. The molecule has 0 aliphatic heterocycles. The van der Waals surface area contributed by atoms with E-state index >= 15 is 0 Å². The zero-order valence-electron chi connectivity index (χ0n) is 14.0. The van der Waals surface area contributed by atoms with E-state index < -0.39 is 0 Å². The van der Waals surface area contributed by atoms with Crippen molar-refractivity contribution in [3.63, 3.8) is 0 Å². The number of aryl methyl sites for hydroxylation is 1. The van der Waals surface area contributed by atoms with Crippen LogP contribution in [0.2, 0.25) is 0 Å². The van der Waals surface area contributed by atoms with Crippen LogP contribution in [0.4, 0.5) is 9.18 Å². The number of aromatic amines is 1. The number of H-pyrrole nitrogens is 1. The number of rotatable bonds is 3. The number of fused-ring (bicyclic) bond motifs is 3. The zero-order chi connectivity index (χ0) is 17.4. The van der Waals surface area contributed by atoms with Crippen LogP contribution in [0, 0.1) is 12.7 Å². The Hall–Kier alpha value is -2.82. The van der Waals surface area contributed by atoms with Crippen molar-refractivity contribution >= 4 is 16.9 Å². The van der Waals surface area contributed by atoms with Crippen molar-refractivity contribution in [2.45, 2.75) is 32.4 Å². The molecule has 25 heavy (non-hydrogen) atoms. The van der Waals surface area contributed by atoms with E-state index in [9.17, 15) is 9.18 Å². The predicted octanol–water partition coefficient (Wildman–Crippen LogP) is 3.58. The highest BCUT2D eigenvalue weighted by Gasteiger charge is 2.26. The van der Waals surface area contributed by atoms with Crippen molar-refractivity contribution in [2.75, 3.05) is 0 Å². The summed E-state index contributed by atoms with van der Waals surface area (Å²) < 4.78 is 12.9. The van der Waals surface area contributed by atoms with Crippen LogP contribution in [-0.2, 0) is 19.4 Å². The van der Waals surface area contributed by atoms with Gasteiger partial charge in [-0.15, -0.1) is 0 Å². The van der Waals surface area contributed by atoms with E-state index in [1.807, 2.05) is 0 Å². The first-order chi connectivity index (χ1) is 12.1. The lowest BCUT2D eigenvalue weighted by atomic mass is 10.1. The maximum Gasteiger partial charge on any atom is 0.315 e. The third-order valence-corrected chi connectivity index (χ3v) is 4.75. The van der Waals surface area contributed by atoms with Crippen LogP contribution in [0.1, 0.15) is 22.4 Å². The van der Waals surface area contributed by atoms with Crippen LogP contribution < -0.4 is 10.6 Å². The number of carbonyl (C=O) groups excluding carboxylic acids is 1. The van der Waals surface area contributed by atoms with Gasteiger partial charge in [0.1, 0.15) is 5.82 Å². The van der Waals surface area contributed by atoms with Crippen LogP contribution >= 0.6 is 0 Å². The molecular formula is C20H20FN3O. The van der Waals surface area contributed by atoms with Crippen LogP contribution in [-0.4, -0.2) is 17.1 Å². The quantitative estimate of drug-likeness (QED) is 0.672. The Bertz CT molecular complexity index is 930. The molecule has 2 aromatic carbocycles. The fourth-order valence-corrected chi connectivity index (χ4v) is 3.51. The molecule has 1 atom stereocenters. The lowest BCUT2D eigenvalue weighted by molar-refractivity contribution is 0.237. The number of urea groups is 1. The minimum Gasteiger partial charge on any atom is -0.358 e. The highest BCUT2D eigenvalue weighted by atomic mass is 19.1. The maximum atomic E-state index is 12.9. The van der Waals surface area contributed by atoms with E-state index in [1.54, 1.807) is 12.1 Å². The van der Waals surface area contributed by atoms with Gasteiger partial charge in [0.05, 0.1) is 0 Å². The summed E-state index contributed by atoms with van der Waals surface area (Å²) in [5, 5.41) is 7.11. The van der Waals surface area contributed by atoms with Crippen LogP contribution in [0.3, 0.4) is 0 Å². The van der Waals surface area contributed by atoms with E-state index in [-0.39, 0.29) is 17.9 Å². The number of nitrogens with one attached hydrogen (secondary N) is 3. The second-order valence-corrected chi connectivity index (χ2v) is 6.69. The maximum absolute atomic E-state index is 12.9. The Kier molecular flexibility index (Phi) is 3.92. The summed E-state index contributed by atoms with van der Waals surface area (Å²) in [7, 11) is 0. The number of benzene rings is 2. The predicted molar refractivity (Wildman–Crippen MR) is 96.0 cm³/mol. The van der Waals surface area contributed by atoms with Crippen LogP contribution in [0.5, 0.6) is 0 Å². The molecular weight excluding hydrogens is 317 g/mol. The third kappa shape index (κ3) is 3.22. The first-order valence-electron chi connectivity index (χ1n) is 8.47. The molecule has 0 saturated heterocycles. The second-order valence-electron chi connectivity index (χ2n) is 6.69. The van der Waals surface area contributed by atoms with Gasteiger partial charge < -0.3 is 15.6 Å². The van der Waals surface area contributed by atoms with Gasteiger partial charge in [-0.1, -0.05) is 23.8 Å². The first-order valence-corrected chi connectivity index (χ1v) is 8.47. The molecule has 0 saturated carbocycles. The first kappa shape index (κ1) is 15.7. The van der Waals surface area contributed by atoms with Gasteiger partial charge in [-0.3, -0.25) is 0 Å². The zero-order valence-corrected chi connectivity index (χ0v) is 14.0. The van der Waals surface area contributed by atoms with Gasteiger partial charge in [-0.05, 0) is 48.7 Å². The average molecular weight is 337 g/mol. The standard InChI is InChI=1S/C20H20FN3O/c1-12-2-7-18-16(8-12)17-9-15(10-19(17)24-18)23-20(25)22-11-13-3-5-14(21)6-4-13/h2-8,15,24H,9-11H2,1H3,(H2,22,23,25). The Morgan fingerprint density at radius 2 is 2.00 bits per heavy atom. The van der Waals surface area contributed by atoms with E-state index in [0.29, 0.717) is 6.54 Å². The number of hydrogen-bond donors (Lipinski definition) is 3. The molecule has 0 radical (unpaired) electrons. The molecule has 2 amide bonds. The number of aromatic nitrogens is 1. The summed E-state index contributed by atoms with van der Waals surface area (Å²) in [6.45, 7) is 2.47. The monoisotopic (exact) mass is 337 g/mol. The minimum absolute atomic E-state index is 0.0966. The number of halogens is 1. The van der Waals surface area contributed by atoms with Gasteiger partial charge >= 0.3 is 6.03 Å². The molecule has 1 aliphatic rings. The lowest BCUT2D eigenvalue weighted by Gasteiger charge is -2.13. The fourth-order valence-electron chi connectivity index (χ4n) is 3.51. The molecule has 3 aromatic rings. The molecule has 1 aliphatic carbocycles. The van der Waals surface area contributed by atoms with E-state index in [2.05, 4.69) is 40.7 Å². The molecule has 1 unspecified atom stereocenters. The van der Waals surface area contributed by atoms with Crippen molar-refractivity contribution < 1.29 is 9.18 Å². The van der Waals surface area contributed by atoms with Gasteiger partial charge in [0.15, 0.2) is 0 Å². The Labute approximate surface area is 145 Å². The molecule has 4 rings (SSSR count). The summed E-state index contributed by atoms with van der Waals surface area (Å²) in [4.78, 5) is 15.6. The summed E-state index contributed by atoms with van der Waals surface area (Å²) >= 11 is 0. The molecule has 4 nitrogen and oxygen atoms in total. The highest BCUT2D eigenvalue weighted by molar-refractivity contribution is 5.86. The van der Waals surface area contributed by atoms with Crippen molar-refractivity contribution in [1.82, 2.24) is 15.6 Å². The van der Waals surface area contributed by atoms with E-state index in [0.717, 1.165) is 23.9 Å². The number of carbonyl (C=O) groups is 1. The molecule has 0 spiro atoms. The van der Waals surface area contributed by atoms with E-state index in [1.165, 1.54) is 34.3 Å². The Morgan fingerprint density at radius 1 is 1.20 bits per heavy atom. The summed E-state index contributed by atoms with van der Waals surface area (Å²) in [6, 6.07) is 12.4. The molecule has 5 heteroatoms. The van der Waals surface area contributed by atoms with E-state index in [4.69, 9.17) is 0 Å². The topological polar surface area (TPSA) is 56.9 Å². The Morgan fingerprint density at radius 3 is 2.80 bits per heavy atom. The molecule has 128 valence electrons. The van der Waals surface area contributed by atoms with Crippen molar-refractivity contribution in [3.05, 3.63) is 70.7 Å². The highest BCUT2D eigenvalue weighted by Crippen LogP contribution is 2.30. The number of hydrogen-bond acceptors (Lipinski definition) is 1. The van der Waals surface area contributed by atoms with Crippen molar-refractivity contribution in [3.8, 4) is 0 Å². The third-order valence-electron chi connectivity index (χ3n) is 4.75. The minimum atomic E-state index is -0.275. The largest absolute Gasteiger partial charge is 0.358 e. The smallest absolute Gasteiger partial charge is 0.315 e. The van der Waals surface area contributed by atoms with Gasteiger partial charge in [-0.2, -0.15) is 0 Å².